The Labute approximate surface area is 167 Å². The van der Waals surface area contributed by atoms with Crippen molar-refractivity contribution < 1.29 is 13.2 Å². The van der Waals surface area contributed by atoms with Crippen LogP contribution < -0.4 is 0 Å². The van der Waals surface area contributed by atoms with Gasteiger partial charge in [0.05, 0.1) is 6.26 Å². The molecule has 7 heteroatoms. The van der Waals surface area contributed by atoms with Gasteiger partial charge in [0.25, 0.3) is 0 Å². The van der Waals surface area contributed by atoms with Crippen molar-refractivity contribution in [3.8, 4) is 0 Å². The van der Waals surface area contributed by atoms with Gasteiger partial charge in [-0.3, -0.25) is 9.78 Å². The molecule has 0 aliphatic carbocycles. The molecule has 1 saturated heterocycles. The van der Waals surface area contributed by atoms with E-state index in [0.717, 1.165) is 11.3 Å². The molecule has 1 fully saturated rings. The van der Waals surface area contributed by atoms with Crippen LogP contribution in [-0.4, -0.2) is 60.9 Å². The Morgan fingerprint density at radius 3 is 2.50 bits per heavy atom. The molecule has 1 unspecified atom stereocenters. The molecular weight excluding hydrogens is 374 g/mol. The van der Waals surface area contributed by atoms with Crippen LogP contribution >= 0.6 is 0 Å². The van der Waals surface area contributed by atoms with E-state index >= 15 is 0 Å². The maximum absolute atomic E-state index is 12.8. The van der Waals surface area contributed by atoms with Gasteiger partial charge < -0.3 is 4.90 Å². The van der Waals surface area contributed by atoms with Crippen molar-refractivity contribution in [2.24, 2.45) is 5.92 Å². The second kappa shape index (κ2) is 9.30. The number of aryl methyl sites for hydroxylation is 1. The molecule has 1 aliphatic heterocycles. The average molecular weight is 402 g/mol. The van der Waals surface area contributed by atoms with Crippen LogP contribution in [0, 0.1) is 5.92 Å². The van der Waals surface area contributed by atoms with Crippen LogP contribution in [0.3, 0.4) is 0 Å². The lowest BCUT2D eigenvalue weighted by Crippen LogP contribution is -2.37. The Kier molecular flexibility index (Phi) is 6.80. The van der Waals surface area contributed by atoms with Gasteiger partial charge >= 0.3 is 0 Å². The average Bonchev–Trinajstić information content (AvgIpc) is 2.90. The first kappa shape index (κ1) is 20.5. The lowest BCUT2D eigenvalue weighted by molar-refractivity contribution is -0.131. The van der Waals surface area contributed by atoms with E-state index in [9.17, 15) is 13.2 Å². The second-order valence-electron chi connectivity index (χ2n) is 7.34. The summed E-state index contributed by atoms with van der Waals surface area (Å²) in [5, 5.41) is 0. The standard InChI is InChI=1S/C21H27N3O3S/c1-28(26,27)24-14-13-23(21(25)11-10-18-7-3-2-4-8-18)16-19(17-24)15-20-9-5-6-12-22-20/h2-9,12,19H,10-11,13-17H2,1H3. The second-order valence-corrected chi connectivity index (χ2v) is 9.32. The van der Waals surface area contributed by atoms with Crippen molar-refractivity contribution in [2.45, 2.75) is 19.3 Å². The molecule has 1 aromatic carbocycles. The molecule has 3 rings (SSSR count). The van der Waals surface area contributed by atoms with Crippen LogP contribution in [0.25, 0.3) is 0 Å². The summed E-state index contributed by atoms with van der Waals surface area (Å²) >= 11 is 0. The topological polar surface area (TPSA) is 70.6 Å². The minimum atomic E-state index is -3.30. The summed E-state index contributed by atoms with van der Waals surface area (Å²) in [6.45, 7) is 1.74. The minimum Gasteiger partial charge on any atom is -0.341 e. The fourth-order valence-electron chi connectivity index (χ4n) is 3.60. The van der Waals surface area contributed by atoms with E-state index in [2.05, 4.69) is 4.98 Å². The summed E-state index contributed by atoms with van der Waals surface area (Å²) in [5.41, 5.74) is 2.05. The molecule has 1 amide bonds. The molecule has 1 atom stereocenters. The molecular formula is C21H27N3O3S. The predicted octanol–water partition coefficient (Wildman–Crippen LogP) is 1.98. The molecule has 2 aromatic rings. The molecule has 2 heterocycles. The van der Waals surface area contributed by atoms with Gasteiger partial charge in [0, 0.05) is 44.5 Å². The van der Waals surface area contributed by atoms with Gasteiger partial charge in [0.2, 0.25) is 15.9 Å². The van der Waals surface area contributed by atoms with Crippen molar-refractivity contribution in [3.63, 3.8) is 0 Å². The first-order chi connectivity index (χ1) is 13.4. The summed E-state index contributed by atoms with van der Waals surface area (Å²) < 4.78 is 25.8. The number of pyridine rings is 1. The van der Waals surface area contributed by atoms with Crippen molar-refractivity contribution in [1.29, 1.82) is 0 Å². The number of hydrogen-bond donors (Lipinski definition) is 0. The van der Waals surface area contributed by atoms with E-state index < -0.39 is 10.0 Å². The quantitative estimate of drug-likeness (QED) is 0.742. The molecule has 0 saturated carbocycles. The van der Waals surface area contributed by atoms with Gasteiger partial charge in [0.1, 0.15) is 0 Å². The molecule has 28 heavy (non-hydrogen) atoms. The summed E-state index contributed by atoms with van der Waals surface area (Å²) in [6, 6.07) is 15.7. The zero-order valence-corrected chi connectivity index (χ0v) is 17.0. The summed E-state index contributed by atoms with van der Waals surface area (Å²) in [5.74, 6) is 0.0954. The van der Waals surface area contributed by atoms with Crippen LogP contribution in [0.2, 0.25) is 0 Å². The number of nitrogens with zero attached hydrogens (tertiary/aromatic N) is 3. The van der Waals surface area contributed by atoms with Gasteiger partial charge in [-0.25, -0.2) is 12.7 Å². The van der Waals surface area contributed by atoms with Crippen molar-refractivity contribution in [2.75, 3.05) is 32.4 Å². The molecule has 0 bridgehead atoms. The largest absolute Gasteiger partial charge is 0.341 e. The summed E-state index contributed by atoms with van der Waals surface area (Å²) in [4.78, 5) is 19.0. The molecule has 6 nitrogen and oxygen atoms in total. The highest BCUT2D eigenvalue weighted by Gasteiger charge is 2.29. The van der Waals surface area contributed by atoms with Crippen molar-refractivity contribution >= 4 is 15.9 Å². The van der Waals surface area contributed by atoms with E-state index in [0.29, 0.717) is 45.4 Å². The van der Waals surface area contributed by atoms with Crippen molar-refractivity contribution in [3.05, 3.63) is 66.0 Å². The first-order valence-corrected chi connectivity index (χ1v) is 11.4. The molecule has 0 N–H and O–H groups in total. The summed E-state index contributed by atoms with van der Waals surface area (Å²) in [6.07, 6.45) is 4.74. The van der Waals surface area contributed by atoms with Crippen LogP contribution in [0.15, 0.2) is 54.7 Å². The Hall–Kier alpha value is -2.25. The van der Waals surface area contributed by atoms with Gasteiger partial charge in [0.15, 0.2) is 0 Å². The number of hydrogen-bond acceptors (Lipinski definition) is 4. The highest BCUT2D eigenvalue weighted by atomic mass is 32.2. The third-order valence-electron chi connectivity index (χ3n) is 5.08. The maximum Gasteiger partial charge on any atom is 0.222 e. The predicted molar refractivity (Wildman–Crippen MR) is 109 cm³/mol. The smallest absolute Gasteiger partial charge is 0.222 e. The number of carbonyl (C=O) groups excluding carboxylic acids is 1. The molecule has 0 spiro atoms. The molecule has 0 radical (unpaired) electrons. The van der Waals surface area contributed by atoms with E-state index in [1.54, 1.807) is 6.20 Å². The Morgan fingerprint density at radius 1 is 1.07 bits per heavy atom. The number of amides is 1. The molecule has 1 aliphatic rings. The third-order valence-corrected chi connectivity index (χ3v) is 6.35. The van der Waals surface area contributed by atoms with Crippen LogP contribution in [0.5, 0.6) is 0 Å². The Bertz CT molecular complexity index is 872. The van der Waals surface area contributed by atoms with E-state index in [-0.39, 0.29) is 11.8 Å². The first-order valence-electron chi connectivity index (χ1n) is 9.58. The molecule has 1 aromatic heterocycles. The lowest BCUT2D eigenvalue weighted by Gasteiger charge is -2.24. The number of benzene rings is 1. The SMILES string of the molecule is CS(=O)(=O)N1CCN(C(=O)CCc2ccccc2)CC(Cc2ccccn2)C1. The number of sulfonamides is 1. The van der Waals surface area contributed by atoms with Crippen LogP contribution in [0.1, 0.15) is 17.7 Å². The number of carbonyl (C=O) groups is 1. The highest BCUT2D eigenvalue weighted by Crippen LogP contribution is 2.18. The fraction of sp³-hybridized carbons (Fsp3) is 0.429. The van der Waals surface area contributed by atoms with Crippen LogP contribution in [0.4, 0.5) is 0 Å². The normalized spacial score (nSPS) is 18.6. The van der Waals surface area contributed by atoms with Crippen molar-refractivity contribution in [1.82, 2.24) is 14.2 Å². The number of rotatable bonds is 6. The zero-order chi connectivity index (χ0) is 20.0. The maximum atomic E-state index is 12.8. The molecule has 150 valence electrons. The van der Waals surface area contributed by atoms with E-state index in [1.165, 1.54) is 10.6 Å². The van der Waals surface area contributed by atoms with Gasteiger partial charge in [-0.2, -0.15) is 0 Å². The van der Waals surface area contributed by atoms with E-state index in [1.807, 2.05) is 53.4 Å². The Morgan fingerprint density at radius 2 is 1.82 bits per heavy atom. The van der Waals surface area contributed by atoms with Gasteiger partial charge in [-0.15, -0.1) is 0 Å². The van der Waals surface area contributed by atoms with E-state index in [4.69, 9.17) is 0 Å². The monoisotopic (exact) mass is 401 g/mol. The number of aromatic nitrogens is 1. The van der Waals surface area contributed by atoms with Gasteiger partial charge in [-0.1, -0.05) is 36.4 Å². The highest BCUT2D eigenvalue weighted by molar-refractivity contribution is 7.88. The lowest BCUT2D eigenvalue weighted by atomic mass is 10.0. The minimum absolute atomic E-state index is 0.0211. The fourth-order valence-corrected chi connectivity index (χ4v) is 4.49. The zero-order valence-electron chi connectivity index (χ0n) is 16.2. The van der Waals surface area contributed by atoms with Gasteiger partial charge in [-0.05, 0) is 36.5 Å². The van der Waals surface area contributed by atoms with Crippen LogP contribution in [-0.2, 0) is 27.7 Å². The Balaban J connectivity index is 1.69. The summed E-state index contributed by atoms with van der Waals surface area (Å²) in [7, 11) is -3.30. The third kappa shape index (κ3) is 5.87.